The Morgan fingerprint density at radius 1 is 0.844 bits per heavy atom. The zero-order chi connectivity index (χ0) is 22.1. The molecule has 0 saturated heterocycles. The Morgan fingerprint density at radius 3 is 2.38 bits per heavy atom. The van der Waals surface area contributed by atoms with E-state index in [1.54, 1.807) is 17.7 Å². The third kappa shape index (κ3) is 3.80. The first-order valence-corrected chi connectivity index (χ1v) is 11.2. The monoisotopic (exact) mass is 426 g/mol. The number of nitrogens with zero attached hydrogens (tertiary/aromatic N) is 1. The van der Waals surface area contributed by atoms with Gasteiger partial charge in [-0.25, -0.2) is 4.79 Å². The summed E-state index contributed by atoms with van der Waals surface area (Å²) in [6.45, 7) is 3.58. The predicted octanol–water partition coefficient (Wildman–Crippen LogP) is 5.13. The maximum atomic E-state index is 11.8. The van der Waals surface area contributed by atoms with Crippen LogP contribution in [-0.2, 0) is 17.9 Å². The summed E-state index contributed by atoms with van der Waals surface area (Å²) in [5, 5.41) is 7.73. The van der Waals surface area contributed by atoms with E-state index in [0.29, 0.717) is 25.3 Å². The number of aromatic amines is 1. The first-order chi connectivity index (χ1) is 15.6. The largest absolute Gasteiger partial charge is 0.377 e. The lowest BCUT2D eigenvalue weighted by atomic mass is 9.92. The van der Waals surface area contributed by atoms with Crippen LogP contribution in [0.25, 0.3) is 32.3 Å². The summed E-state index contributed by atoms with van der Waals surface area (Å²) in [5.74, 6) is 0. The topological polar surface area (TPSA) is 64.1 Å². The zero-order valence-corrected chi connectivity index (χ0v) is 18.2. The van der Waals surface area contributed by atoms with Crippen molar-refractivity contribution in [2.45, 2.75) is 39.3 Å². The van der Waals surface area contributed by atoms with Crippen LogP contribution in [-0.4, -0.2) is 16.2 Å². The number of rotatable bonds is 8. The minimum absolute atomic E-state index is 0.313. The molecule has 0 spiro atoms. The van der Waals surface area contributed by atoms with Gasteiger partial charge in [0.15, 0.2) is 0 Å². The molecule has 0 aliphatic heterocycles. The van der Waals surface area contributed by atoms with Crippen molar-refractivity contribution in [2.75, 3.05) is 6.61 Å². The molecule has 5 nitrogen and oxygen atoms in total. The van der Waals surface area contributed by atoms with E-state index in [-0.39, 0.29) is 11.2 Å². The van der Waals surface area contributed by atoms with Gasteiger partial charge in [-0.2, -0.15) is 0 Å². The van der Waals surface area contributed by atoms with E-state index in [0.717, 1.165) is 19.3 Å². The Labute approximate surface area is 185 Å². The number of aryl methyl sites for hydroxylation is 2. The van der Waals surface area contributed by atoms with Crippen LogP contribution in [0, 0.1) is 6.92 Å². The standard InChI is InChI=1S/C27H26N2O3/c1-18-16-29(27(31)28-26(18)30)14-3-2-4-15-32-17-22-11-10-21-9-8-19-6-5-7-20-12-13-23(22)25(21)24(19)20/h5-13,16H,2-4,14-15,17H2,1H3,(H,28,30,31). The van der Waals surface area contributed by atoms with Gasteiger partial charge in [-0.05, 0) is 64.1 Å². The number of unbranched alkanes of at least 4 members (excludes halogenated alkanes) is 2. The molecule has 0 fully saturated rings. The Kier molecular flexibility index (Phi) is 5.50. The SMILES string of the molecule is Cc1cn(CCCCCOCc2ccc3ccc4cccc5ccc2c3c45)c(=O)[nH]c1=O. The number of H-pyrrole nitrogens is 1. The lowest BCUT2D eigenvalue weighted by molar-refractivity contribution is 0.117. The predicted molar refractivity (Wildman–Crippen MR) is 130 cm³/mol. The summed E-state index contributed by atoms with van der Waals surface area (Å²) in [6, 6.07) is 19.6. The van der Waals surface area contributed by atoms with Crippen molar-refractivity contribution in [3.63, 3.8) is 0 Å². The summed E-state index contributed by atoms with van der Waals surface area (Å²) in [6.07, 6.45) is 4.39. The molecular weight excluding hydrogens is 400 g/mol. The van der Waals surface area contributed by atoms with Crippen LogP contribution < -0.4 is 11.2 Å². The van der Waals surface area contributed by atoms with Crippen LogP contribution in [0.3, 0.4) is 0 Å². The quantitative estimate of drug-likeness (QED) is 0.276. The van der Waals surface area contributed by atoms with E-state index in [4.69, 9.17) is 4.74 Å². The molecule has 4 aromatic carbocycles. The van der Waals surface area contributed by atoms with Crippen molar-refractivity contribution in [3.8, 4) is 0 Å². The number of nitrogens with one attached hydrogen (secondary N) is 1. The van der Waals surface area contributed by atoms with Crippen LogP contribution >= 0.6 is 0 Å². The van der Waals surface area contributed by atoms with E-state index in [9.17, 15) is 9.59 Å². The first kappa shape index (κ1) is 20.5. The summed E-state index contributed by atoms with van der Waals surface area (Å²) in [5.41, 5.74) is 1.12. The summed E-state index contributed by atoms with van der Waals surface area (Å²) < 4.78 is 7.58. The number of ether oxygens (including phenoxy) is 1. The fourth-order valence-electron chi connectivity index (χ4n) is 4.55. The lowest BCUT2D eigenvalue weighted by Gasteiger charge is -2.14. The highest BCUT2D eigenvalue weighted by atomic mass is 16.5. The Bertz CT molecular complexity index is 1500. The second-order valence-corrected chi connectivity index (χ2v) is 8.46. The number of aromatic nitrogens is 2. The molecule has 0 aliphatic carbocycles. The van der Waals surface area contributed by atoms with Gasteiger partial charge in [-0.15, -0.1) is 0 Å². The van der Waals surface area contributed by atoms with Crippen LogP contribution in [0.1, 0.15) is 30.4 Å². The van der Waals surface area contributed by atoms with Crippen LogP contribution in [0.5, 0.6) is 0 Å². The fourth-order valence-corrected chi connectivity index (χ4v) is 4.55. The van der Waals surface area contributed by atoms with Crippen LogP contribution in [0.4, 0.5) is 0 Å². The second kappa shape index (κ2) is 8.60. The normalized spacial score (nSPS) is 11.8. The molecule has 0 saturated carbocycles. The molecule has 32 heavy (non-hydrogen) atoms. The second-order valence-electron chi connectivity index (χ2n) is 8.46. The van der Waals surface area contributed by atoms with E-state index in [1.807, 2.05) is 0 Å². The third-order valence-electron chi connectivity index (χ3n) is 6.25. The van der Waals surface area contributed by atoms with Crippen molar-refractivity contribution >= 4 is 32.3 Å². The van der Waals surface area contributed by atoms with Crippen molar-refractivity contribution in [1.82, 2.24) is 9.55 Å². The Hall–Kier alpha value is -3.44. The Balaban J connectivity index is 1.20. The zero-order valence-electron chi connectivity index (χ0n) is 18.2. The molecular formula is C27H26N2O3. The van der Waals surface area contributed by atoms with Gasteiger partial charge in [-0.1, -0.05) is 54.6 Å². The van der Waals surface area contributed by atoms with Gasteiger partial charge in [0, 0.05) is 24.9 Å². The maximum absolute atomic E-state index is 11.8. The van der Waals surface area contributed by atoms with Crippen molar-refractivity contribution in [2.24, 2.45) is 0 Å². The molecule has 0 atom stereocenters. The molecule has 0 radical (unpaired) electrons. The first-order valence-electron chi connectivity index (χ1n) is 11.2. The molecule has 5 rings (SSSR count). The maximum Gasteiger partial charge on any atom is 0.328 e. The van der Waals surface area contributed by atoms with Gasteiger partial charge in [-0.3, -0.25) is 9.78 Å². The average Bonchev–Trinajstić information content (AvgIpc) is 2.80. The Morgan fingerprint density at radius 2 is 1.56 bits per heavy atom. The molecule has 5 aromatic rings. The van der Waals surface area contributed by atoms with Gasteiger partial charge in [0.1, 0.15) is 0 Å². The van der Waals surface area contributed by atoms with Crippen molar-refractivity contribution in [1.29, 1.82) is 0 Å². The number of hydrogen-bond donors (Lipinski definition) is 1. The molecule has 1 heterocycles. The van der Waals surface area contributed by atoms with Crippen molar-refractivity contribution < 1.29 is 4.74 Å². The van der Waals surface area contributed by atoms with Gasteiger partial charge in [0.05, 0.1) is 6.61 Å². The van der Waals surface area contributed by atoms with E-state index in [2.05, 4.69) is 59.6 Å². The molecule has 0 amide bonds. The molecule has 162 valence electrons. The van der Waals surface area contributed by atoms with Crippen LogP contribution in [0.2, 0.25) is 0 Å². The number of hydrogen-bond acceptors (Lipinski definition) is 3. The minimum Gasteiger partial charge on any atom is -0.377 e. The molecule has 5 heteroatoms. The third-order valence-corrected chi connectivity index (χ3v) is 6.25. The molecule has 1 N–H and O–H groups in total. The molecule has 0 bridgehead atoms. The van der Waals surface area contributed by atoms with Crippen LogP contribution in [0.15, 0.2) is 70.4 Å². The lowest BCUT2D eigenvalue weighted by Crippen LogP contribution is -2.30. The van der Waals surface area contributed by atoms with E-state index >= 15 is 0 Å². The highest BCUT2D eigenvalue weighted by molar-refractivity contribution is 6.23. The fraction of sp³-hybridized carbons (Fsp3) is 0.259. The number of benzene rings is 4. The molecule has 0 aliphatic rings. The minimum atomic E-state index is -0.342. The highest BCUT2D eigenvalue weighted by Gasteiger charge is 2.10. The summed E-state index contributed by atoms with van der Waals surface area (Å²) >= 11 is 0. The van der Waals surface area contributed by atoms with E-state index in [1.165, 1.54) is 37.9 Å². The van der Waals surface area contributed by atoms with Crippen molar-refractivity contribution in [3.05, 3.63) is 92.8 Å². The van der Waals surface area contributed by atoms with Gasteiger partial charge >= 0.3 is 5.69 Å². The smallest absolute Gasteiger partial charge is 0.328 e. The molecule has 1 aromatic heterocycles. The summed E-state index contributed by atoms with van der Waals surface area (Å²) in [7, 11) is 0. The average molecular weight is 427 g/mol. The van der Waals surface area contributed by atoms with Gasteiger partial charge in [0.2, 0.25) is 0 Å². The molecule has 0 unspecified atom stereocenters. The van der Waals surface area contributed by atoms with E-state index < -0.39 is 0 Å². The van der Waals surface area contributed by atoms with Gasteiger partial charge < -0.3 is 9.30 Å². The van der Waals surface area contributed by atoms with Gasteiger partial charge in [0.25, 0.3) is 5.56 Å². The summed E-state index contributed by atoms with van der Waals surface area (Å²) in [4.78, 5) is 25.6. The highest BCUT2D eigenvalue weighted by Crippen LogP contribution is 2.36.